The molecule has 10 nitrogen and oxygen atoms in total. The molecule has 0 spiro atoms. The topological polar surface area (TPSA) is 134 Å². The second-order valence-electron chi connectivity index (χ2n) is 14.0. The van der Waals surface area contributed by atoms with E-state index in [2.05, 4.69) is 51.0 Å². The number of carbonyl (C=O) groups is 2. The van der Waals surface area contributed by atoms with Gasteiger partial charge in [0.05, 0.1) is 27.4 Å². The third kappa shape index (κ3) is 11.3. The molecule has 13 heteroatoms. The summed E-state index contributed by atoms with van der Waals surface area (Å²) in [6, 6.07) is 39.0. The maximum atomic E-state index is 13.9. The number of nitrogens with zero attached hydrogens (tertiary/aromatic N) is 3. The van der Waals surface area contributed by atoms with Gasteiger partial charge in [0, 0.05) is 31.3 Å². The number of benzene rings is 5. The van der Waals surface area contributed by atoms with Crippen LogP contribution in [-0.2, 0) is 35.6 Å². The fraction of sp³-hybridized carbons (Fsp3) is 0.208. The number of ether oxygens (including phenoxy) is 3. The van der Waals surface area contributed by atoms with E-state index in [1.54, 1.807) is 30.3 Å². The lowest BCUT2D eigenvalue weighted by Crippen LogP contribution is -2.47. The number of amides is 1. The van der Waals surface area contributed by atoms with Crippen LogP contribution in [0.2, 0.25) is 10.0 Å². The van der Waals surface area contributed by atoms with E-state index in [1.807, 2.05) is 86.5 Å². The molecule has 0 radical (unpaired) electrons. The Kier molecular flexibility index (Phi) is 15.8. The average Bonchev–Trinajstić information content (AvgIpc) is 3.31. The van der Waals surface area contributed by atoms with Gasteiger partial charge in [-0.15, -0.1) is 0 Å². The Morgan fingerprint density at radius 3 is 2.30 bits per heavy atom. The zero-order valence-corrected chi connectivity index (χ0v) is 36.0. The van der Waals surface area contributed by atoms with Crippen molar-refractivity contribution in [3.05, 3.63) is 171 Å². The van der Waals surface area contributed by atoms with Crippen molar-refractivity contribution in [2.75, 3.05) is 20.3 Å². The minimum absolute atomic E-state index is 0.0248. The number of nitrogens with one attached hydrogen (secondary N) is 1. The summed E-state index contributed by atoms with van der Waals surface area (Å²) in [7, 11) is 1.00. The molecule has 0 saturated carbocycles. The number of halogens is 2. The SMILES string of the molecule is C=O.CO.Cc1ncccc1SN1Cc2cc3c(cc2CC1C(=O)NCCc1ccc(-c2ccc(C#N)cc2)cc1)OCC(c1ccc(OCc2ccc(Cl)c(Cl)c2)cc1)O3. The van der Waals surface area contributed by atoms with E-state index >= 15 is 0 Å². The highest BCUT2D eigenvalue weighted by Gasteiger charge is 2.35. The lowest BCUT2D eigenvalue weighted by Gasteiger charge is -2.36. The first-order chi connectivity index (χ1) is 29.8. The fourth-order valence-corrected chi connectivity index (χ4v) is 8.33. The first kappa shape index (κ1) is 44.7. The molecule has 8 rings (SSSR count). The highest BCUT2D eigenvalue weighted by molar-refractivity contribution is 7.97. The van der Waals surface area contributed by atoms with E-state index in [1.165, 1.54) is 0 Å². The normalized spacial score (nSPS) is 15.1. The average molecular weight is 876 g/mol. The number of hydrogen-bond acceptors (Lipinski definition) is 10. The number of aryl methyl sites for hydroxylation is 1. The van der Waals surface area contributed by atoms with E-state index in [9.17, 15) is 4.79 Å². The van der Waals surface area contributed by atoms with Crippen LogP contribution in [0.5, 0.6) is 17.2 Å². The Labute approximate surface area is 370 Å². The van der Waals surface area contributed by atoms with Gasteiger partial charge in [0.2, 0.25) is 5.91 Å². The molecule has 0 aliphatic carbocycles. The van der Waals surface area contributed by atoms with Gasteiger partial charge < -0.3 is 29.4 Å². The van der Waals surface area contributed by atoms with Crippen molar-refractivity contribution in [2.24, 2.45) is 0 Å². The number of hydrogen-bond donors (Lipinski definition) is 2. The summed E-state index contributed by atoms with van der Waals surface area (Å²) < 4.78 is 21.0. The number of aliphatic hydroxyl groups is 1. The van der Waals surface area contributed by atoms with Gasteiger partial charge in [-0.25, -0.2) is 4.31 Å². The van der Waals surface area contributed by atoms with Gasteiger partial charge in [0.15, 0.2) is 17.6 Å². The summed E-state index contributed by atoms with van der Waals surface area (Å²) in [4.78, 5) is 27.4. The highest BCUT2D eigenvalue weighted by Crippen LogP contribution is 2.43. The predicted octanol–water partition coefficient (Wildman–Crippen LogP) is 9.54. The van der Waals surface area contributed by atoms with Crippen LogP contribution in [0.3, 0.4) is 0 Å². The minimum atomic E-state index is -0.409. The Morgan fingerprint density at radius 2 is 1.61 bits per heavy atom. The Hall–Kier alpha value is -5.87. The van der Waals surface area contributed by atoms with Gasteiger partial charge >= 0.3 is 0 Å². The van der Waals surface area contributed by atoms with E-state index in [4.69, 9.17) is 52.6 Å². The van der Waals surface area contributed by atoms with Crippen LogP contribution in [-0.4, -0.2) is 53.4 Å². The summed E-state index contributed by atoms with van der Waals surface area (Å²) >= 11 is 13.8. The Morgan fingerprint density at radius 1 is 0.918 bits per heavy atom. The summed E-state index contributed by atoms with van der Waals surface area (Å²) in [6.45, 7) is 5.76. The number of fused-ring (bicyclic) bond motifs is 2. The largest absolute Gasteiger partial charge is 0.489 e. The third-order valence-electron chi connectivity index (χ3n) is 10.1. The second-order valence-corrected chi connectivity index (χ2v) is 15.9. The van der Waals surface area contributed by atoms with E-state index in [0.29, 0.717) is 66.3 Å². The smallest absolute Gasteiger partial charge is 0.238 e. The molecule has 2 aliphatic rings. The minimum Gasteiger partial charge on any atom is -0.489 e. The number of aromatic nitrogens is 1. The van der Waals surface area contributed by atoms with Crippen LogP contribution in [0.25, 0.3) is 11.1 Å². The van der Waals surface area contributed by atoms with E-state index in [-0.39, 0.29) is 12.0 Å². The molecule has 2 N–H and O–H groups in total. The number of pyridine rings is 1. The number of carbonyl (C=O) groups excluding carboxylic acids is 2. The molecule has 6 aromatic rings. The second kappa shape index (κ2) is 21.6. The zero-order valence-electron chi connectivity index (χ0n) is 33.6. The van der Waals surface area contributed by atoms with Crippen molar-refractivity contribution in [1.29, 1.82) is 5.26 Å². The van der Waals surface area contributed by atoms with Crippen molar-refractivity contribution in [3.63, 3.8) is 0 Å². The molecular weight excluding hydrogens is 832 g/mol. The van der Waals surface area contributed by atoms with Crippen LogP contribution in [0, 0.1) is 18.3 Å². The van der Waals surface area contributed by atoms with Crippen molar-refractivity contribution >= 4 is 47.8 Å². The monoisotopic (exact) mass is 874 g/mol. The van der Waals surface area contributed by atoms with Crippen LogP contribution in [0.15, 0.2) is 126 Å². The quantitative estimate of drug-likeness (QED) is 0.121. The van der Waals surface area contributed by atoms with Crippen LogP contribution in [0.1, 0.15) is 45.2 Å². The zero-order chi connectivity index (χ0) is 43.3. The van der Waals surface area contributed by atoms with E-state index < -0.39 is 6.04 Å². The molecule has 0 fully saturated rings. The number of rotatable bonds is 11. The lowest BCUT2D eigenvalue weighted by atomic mass is 9.94. The summed E-state index contributed by atoms with van der Waals surface area (Å²) in [5.74, 6) is 2.06. The summed E-state index contributed by atoms with van der Waals surface area (Å²) in [5.41, 5.74) is 8.87. The molecular formula is C48H44Cl2N4O6S. The maximum absolute atomic E-state index is 13.9. The Bertz CT molecular complexity index is 2460. The van der Waals surface area contributed by atoms with Crippen molar-refractivity contribution in [3.8, 4) is 34.4 Å². The molecule has 2 aliphatic heterocycles. The molecule has 1 amide bonds. The van der Waals surface area contributed by atoms with Crippen molar-refractivity contribution in [2.45, 2.75) is 50.0 Å². The molecule has 0 saturated heterocycles. The van der Waals surface area contributed by atoms with Gasteiger partial charge in [0.25, 0.3) is 0 Å². The highest BCUT2D eigenvalue weighted by atomic mass is 35.5. The number of nitriles is 1. The first-order valence-electron chi connectivity index (χ1n) is 19.4. The first-order valence-corrected chi connectivity index (χ1v) is 20.9. The molecule has 312 valence electrons. The van der Waals surface area contributed by atoms with E-state index in [0.717, 1.165) is 62.4 Å². The molecule has 61 heavy (non-hydrogen) atoms. The van der Waals surface area contributed by atoms with Crippen molar-refractivity contribution in [1.82, 2.24) is 14.6 Å². The lowest BCUT2D eigenvalue weighted by molar-refractivity contribution is -0.125. The van der Waals surface area contributed by atoms with Gasteiger partial charge in [-0.3, -0.25) is 9.78 Å². The van der Waals surface area contributed by atoms with Crippen LogP contribution < -0.4 is 19.5 Å². The van der Waals surface area contributed by atoms with Gasteiger partial charge in [0.1, 0.15) is 31.8 Å². The summed E-state index contributed by atoms with van der Waals surface area (Å²) in [6.07, 6.45) is 2.71. The van der Waals surface area contributed by atoms with Gasteiger partial charge in [-0.2, -0.15) is 5.26 Å². The predicted molar refractivity (Wildman–Crippen MR) is 239 cm³/mol. The molecule has 2 atom stereocenters. The molecule has 5 aromatic carbocycles. The summed E-state index contributed by atoms with van der Waals surface area (Å²) in [5, 5.41) is 20.3. The standard InChI is InChI=1S/C46H38Cl2N4O4S.CH4O.CH2O/c1-29-45(3-2-19-50-29)57-52-26-37-24-43-42(55-28-44(56-43)35-13-15-38(16-14-35)54-27-32-8-17-39(47)40(48)21-32)23-36(37)22-41(52)46(53)51-20-18-30-4-9-33(10-5-30)34-11-6-31(25-49)7-12-34;2*1-2/h2-17,19,21,23-24,41,44H,18,20,22,26-28H2,1H3,(H,51,53);2H,1H3;1H2. The van der Waals surface area contributed by atoms with Gasteiger partial charge in [-0.05, 0) is 131 Å². The van der Waals surface area contributed by atoms with Gasteiger partial charge in [-0.1, -0.05) is 77.8 Å². The fourth-order valence-electron chi connectivity index (χ4n) is 6.93. The van der Waals surface area contributed by atoms with Crippen LogP contribution >= 0.6 is 35.1 Å². The molecule has 2 unspecified atom stereocenters. The molecule has 1 aromatic heterocycles. The van der Waals surface area contributed by atoms with Crippen molar-refractivity contribution < 1.29 is 28.9 Å². The molecule has 0 bridgehead atoms. The number of aliphatic hydroxyl groups excluding tert-OH is 1. The Balaban J connectivity index is 0.00000151. The van der Waals surface area contributed by atoms with Crippen LogP contribution in [0.4, 0.5) is 0 Å². The maximum Gasteiger partial charge on any atom is 0.238 e. The third-order valence-corrected chi connectivity index (χ3v) is 12.1. The molecule has 3 heterocycles.